The molecule has 2 bridgehead atoms. The second-order valence-corrected chi connectivity index (χ2v) is 12.8. The van der Waals surface area contributed by atoms with E-state index >= 15 is 4.39 Å². The first kappa shape index (κ1) is 27.4. The summed E-state index contributed by atoms with van der Waals surface area (Å²) in [5, 5.41) is 11.7. The standard InChI is InChI=1S/C34H32F3N5O2/c1-2-24-27(36)10-7-19-13-23(43)14-25(28(19)24)30-29(37)31-26(16-38-30)32(42-21-5-3-6-22(42)9-8-21)40-33(39-31)44-18-34-11-4-12-41(34)17-20(35)15-34/h1,7,10,13-14,16,20-22,43H,3-6,8-9,11-12,15,17-18H2. The molecule has 4 aliphatic rings. The second kappa shape index (κ2) is 10.2. The quantitative estimate of drug-likeness (QED) is 0.271. The van der Waals surface area contributed by atoms with Crippen molar-refractivity contribution in [2.24, 2.45) is 0 Å². The lowest BCUT2D eigenvalue weighted by molar-refractivity contribution is 0.107. The van der Waals surface area contributed by atoms with Gasteiger partial charge in [0.2, 0.25) is 0 Å². The molecule has 7 nitrogen and oxygen atoms in total. The third kappa shape index (κ3) is 4.20. The Kier molecular flexibility index (Phi) is 6.38. The van der Waals surface area contributed by atoms with E-state index in [0.29, 0.717) is 29.6 Å². The molecule has 10 heteroatoms. The van der Waals surface area contributed by atoms with Crippen LogP contribution < -0.4 is 9.64 Å². The normalized spacial score (nSPS) is 26.4. The lowest BCUT2D eigenvalue weighted by Gasteiger charge is -2.36. The molecule has 0 spiro atoms. The molecule has 226 valence electrons. The van der Waals surface area contributed by atoms with Gasteiger partial charge in [0.05, 0.1) is 16.5 Å². The molecule has 4 aliphatic heterocycles. The smallest absolute Gasteiger partial charge is 0.319 e. The summed E-state index contributed by atoms with van der Waals surface area (Å²) in [5.41, 5.74) is -0.396. The maximum atomic E-state index is 16.8. The Balaban J connectivity index is 1.29. The molecule has 4 unspecified atom stereocenters. The van der Waals surface area contributed by atoms with E-state index in [9.17, 15) is 13.9 Å². The SMILES string of the molecule is C#Cc1c(F)ccc2cc(O)cc(-c3ncc4c(N5C6CCCC5CC6)nc(OCC56CCCN5CC(F)C6)nc4c3F)c12. The number of fused-ring (bicyclic) bond motifs is 5. The van der Waals surface area contributed by atoms with E-state index in [2.05, 4.69) is 25.7 Å². The number of aromatic hydroxyl groups is 1. The van der Waals surface area contributed by atoms with Crippen molar-refractivity contribution in [2.45, 2.75) is 75.2 Å². The van der Waals surface area contributed by atoms with E-state index < -0.39 is 23.3 Å². The molecule has 0 radical (unpaired) electrons. The number of ether oxygens (including phenoxy) is 1. The summed E-state index contributed by atoms with van der Waals surface area (Å²) in [4.78, 5) is 18.4. The predicted octanol–water partition coefficient (Wildman–Crippen LogP) is 6.29. The number of nitrogens with zero attached hydrogens (tertiary/aromatic N) is 5. The highest BCUT2D eigenvalue weighted by Crippen LogP contribution is 2.44. The van der Waals surface area contributed by atoms with Crippen LogP contribution in [0.25, 0.3) is 32.9 Å². The molecule has 6 heterocycles. The van der Waals surface area contributed by atoms with Gasteiger partial charge in [0, 0.05) is 42.2 Å². The van der Waals surface area contributed by atoms with Crippen LogP contribution in [0.2, 0.25) is 0 Å². The average Bonchev–Trinajstić information content (AvgIpc) is 3.62. The first-order valence-corrected chi connectivity index (χ1v) is 15.4. The summed E-state index contributed by atoms with van der Waals surface area (Å²) in [6.45, 7) is 1.44. The van der Waals surface area contributed by atoms with E-state index in [-0.39, 0.29) is 58.2 Å². The zero-order valence-corrected chi connectivity index (χ0v) is 24.2. The molecule has 4 saturated heterocycles. The number of pyridine rings is 1. The van der Waals surface area contributed by atoms with Gasteiger partial charge in [-0.2, -0.15) is 9.97 Å². The van der Waals surface area contributed by atoms with Crippen molar-refractivity contribution in [3.05, 3.63) is 47.7 Å². The Morgan fingerprint density at radius 2 is 1.91 bits per heavy atom. The van der Waals surface area contributed by atoms with Crippen LogP contribution in [0.15, 0.2) is 30.5 Å². The number of hydrogen-bond donors (Lipinski definition) is 1. The molecular formula is C34H32F3N5O2. The van der Waals surface area contributed by atoms with E-state index in [1.165, 1.54) is 24.3 Å². The highest BCUT2D eigenvalue weighted by Gasteiger charge is 2.49. The first-order valence-electron chi connectivity index (χ1n) is 15.4. The molecule has 2 aromatic carbocycles. The molecule has 2 aromatic heterocycles. The molecule has 4 aromatic rings. The van der Waals surface area contributed by atoms with Gasteiger partial charge in [-0.3, -0.25) is 9.88 Å². The Labute approximate surface area is 253 Å². The molecule has 4 fully saturated rings. The Bertz CT molecular complexity index is 1850. The van der Waals surface area contributed by atoms with Crippen LogP contribution in [0.4, 0.5) is 19.0 Å². The minimum absolute atomic E-state index is 0.0192. The second-order valence-electron chi connectivity index (χ2n) is 12.8. The van der Waals surface area contributed by atoms with Gasteiger partial charge >= 0.3 is 6.01 Å². The van der Waals surface area contributed by atoms with Crippen LogP contribution in [0.5, 0.6) is 11.8 Å². The highest BCUT2D eigenvalue weighted by molar-refractivity contribution is 6.03. The summed E-state index contributed by atoms with van der Waals surface area (Å²) in [6.07, 6.45) is 13.8. The number of alkyl halides is 1. The Hall–Kier alpha value is -4.10. The van der Waals surface area contributed by atoms with Crippen LogP contribution in [0.3, 0.4) is 0 Å². The lowest BCUT2D eigenvalue weighted by Crippen LogP contribution is -2.43. The number of piperidine rings is 1. The number of aromatic nitrogens is 3. The van der Waals surface area contributed by atoms with E-state index in [0.717, 1.165) is 51.5 Å². The van der Waals surface area contributed by atoms with Crippen LogP contribution in [0, 0.1) is 24.0 Å². The van der Waals surface area contributed by atoms with Crippen molar-refractivity contribution >= 4 is 27.5 Å². The van der Waals surface area contributed by atoms with Gasteiger partial charge in [0.1, 0.15) is 41.4 Å². The highest BCUT2D eigenvalue weighted by atomic mass is 19.1. The molecule has 4 atom stereocenters. The van der Waals surface area contributed by atoms with Crippen LogP contribution in [-0.4, -0.2) is 68.4 Å². The van der Waals surface area contributed by atoms with Crippen LogP contribution >= 0.6 is 0 Å². The molecular weight excluding hydrogens is 567 g/mol. The van der Waals surface area contributed by atoms with Crippen molar-refractivity contribution in [3.63, 3.8) is 0 Å². The molecule has 0 saturated carbocycles. The molecule has 8 rings (SSSR count). The summed E-state index contributed by atoms with van der Waals surface area (Å²) < 4.78 is 52.3. The average molecular weight is 600 g/mol. The summed E-state index contributed by atoms with van der Waals surface area (Å²) in [6, 6.07) is 6.10. The Morgan fingerprint density at radius 3 is 2.70 bits per heavy atom. The van der Waals surface area contributed by atoms with Crippen molar-refractivity contribution < 1.29 is 23.0 Å². The first-order chi connectivity index (χ1) is 21.3. The summed E-state index contributed by atoms with van der Waals surface area (Å²) in [5.74, 6) is 1.45. The van der Waals surface area contributed by atoms with Gasteiger partial charge in [0.25, 0.3) is 0 Å². The van der Waals surface area contributed by atoms with Crippen molar-refractivity contribution in [3.8, 4) is 35.4 Å². The monoisotopic (exact) mass is 599 g/mol. The number of halogens is 3. The number of rotatable bonds is 5. The van der Waals surface area contributed by atoms with Gasteiger partial charge in [0.15, 0.2) is 5.82 Å². The number of phenolic OH excluding ortho intramolecular Hbond substituents is 1. The van der Waals surface area contributed by atoms with Crippen LogP contribution in [0.1, 0.15) is 56.9 Å². The number of anilines is 1. The minimum Gasteiger partial charge on any atom is -0.508 e. The van der Waals surface area contributed by atoms with Gasteiger partial charge in [-0.05, 0) is 75.1 Å². The van der Waals surface area contributed by atoms with Gasteiger partial charge in [-0.15, -0.1) is 6.42 Å². The molecule has 0 amide bonds. The van der Waals surface area contributed by atoms with E-state index in [4.69, 9.17) is 16.1 Å². The minimum atomic E-state index is -0.906. The van der Waals surface area contributed by atoms with E-state index in [1.807, 2.05) is 0 Å². The predicted molar refractivity (Wildman–Crippen MR) is 161 cm³/mol. The van der Waals surface area contributed by atoms with Crippen molar-refractivity contribution in [1.29, 1.82) is 0 Å². The number of hydrogen-bond acceptors (Lipinski definition) is 7. The molecule has 44 heavy (non-hydrogen) atoms. The fraction of sp³-hybridized carbons (Fsp3) is 0.441. The Morgan fingerprint density at radius 1 is 1.09 bits per heavy atom. The maximum Gasteiger partial charge on any atom is 0.319 e. The zero-order valence-electron chi connectivity index (χ0n) is 24.2. The lowest BCUT2D eigenvalue weighted by atomic mass is 9.95. The zero-order chi connectivity index (χ0) is 30.2. The van der Waals surface area contributed by atoms with Gasteiger partial charge < -0.3 is 14.7 Å². The number of terminal acetylenes is 1. The maximum absolute atomic E-state index is 16.8. The number of phenols is 1. The van der Waals surface area contributed by atoms with E-state index in [1.54, 1.807) is 6.20 Å². The van der Waals surface area contributed by atoms with Crippen molar-refractivity contribution in [1.82, 2.24) is 19.9 Å². The third-order valence-electron chi connectivity index (χ3n) is 10.3. The van der Waals surface area contributed by atoms with Gasteiger partial charge in [-0.25, -0.2) is 13.2 Å². The summed E-state index contributed by atoms with van der Waals surface area (Å²) >= 11 is 0. The largest absolute Gasteiger partial charge is 0.508 e. The molecule has 1 N–H and O–H groups in total. The van der Waals surface area contributed by atoms with Gasteiger partial charge in [-0.1, -0.05) is 12.0 Å². The summed E-state index contributed by atoms with van der Waals surface area (Å²) in [7, 11) is 0. The fourth-order valence-electron chi connectivity index (χ4n) is 8.33. The van der Waals surface area contributed by atoms with Crippen molar-refractivity contribution in [2.75, 3.05) is 24.6 Å². The van der Waals surface area contributed by atoms with Crippen LogP contribution in [-0.2, 0) is 0 Å². The topological polar surface area (TPSA) is 74.6 Å². The third-order valence-corrected chi connectivity index (χ3v) is 10.3. The fourth-order valence-corrected chi connectivity index (χ4v) is 8.33. The molecule has 0 aliphatic carbocycles. The number of benzene rings is 2.